The number of nitrogens with zero attached hydrogens (tertiary/aromatic N) is 1. The number of ether oxygens (including phenoxy) is 1. The topological polar surface area (TPSA) is 92.8 Å². The third-order valence-corrected chi connectivity index (χ3v) is 6.53. The molecule has 1 rings (SSSR count). The summed E-state index contributed by atoms with van der Waals surface area (Å²) in [6, 6.07) is -0.0686. The summed E-state index contributed by atoms with van der Waals surface area (Å²) in [6.07, 6.45) is 0.696. The molecule has 0 unspecified atom stereocenters. The molecule has 24 heavy (non-hydrogen) atoms. The van der Waals surface area contributed by atoms with Crippen molar-refractivity contribution in [2.45, 2.75) is 76.5 Å². The third-order valence-electron chi connectivity index (χ3n) is 4.03. The van der Waals surface area contributed by atoms with Gasteiger partial charge in [-0.3, -0.25) is 4.79 Å². The van der Waals surface area contributed by atoms with Gasteiger partial charge in [0, 0.05) is 19.1 Å². The fourth-order valence-electron chi connectivity index (χ4n) is 2.52. The molecule has 0 bridgehead atoms. The molecule has 7 nitrogen and oxygen atoms in total. The Morgan fingerprint density at radius 2 is 1.62 bits per heavy atom. The maximum atomic E-state index is 12.4. The van der Waals surface area contributed by atoms with Gasteiger partial charge in [-0.15, -0.1) is 0 Å². The second kappa shape index (κ2) is 7.72. The Hall–Kier alpha value is -1.31. The van der Waals surface area contributed by atoms with Gasteiger partial charge >= 0.3 is 6.09 Å². The molecule has 0 aliphatic carbocycles. The van der Waals surface area contributed by atoms with Crippen LogP contribution < -0.4 is 5.32 Å². The molecule has 0 aromatic heterocycles. The summed E-state index contributed by atoms with van der Waals surface area (Å²) in [5, 5.41) is 1.18. The number of nitrogens with one attached hydrogen (secondary N) is 1. The number of amides is 2. The van der Waals surface area contributed by atoms with Gasteiger partial charge in [0.25, 0.3) is 0 Å². The summed E-state index contributed by atoms with van der Waals surface area (Å²) in [5.74, 6) is -0.362. The van der Waals surface area contributed by atoms with E-state index in [2.05, 4.69) is 5.32 Å². The number of hydrogen-bond acceptors (Lipinski definition) is 5. The van der Waals surface area contributed by atoms with Crippen LogP contribution in [0.2, 0.25) is 0 Å². The van der Waals surface area contributed by atoms with Crippen LogP contribution in [0.1, 0.15) is 54.4 Å². The highest BCUT2D eigenvalue weighted by molar-refractivity contribution is 7.93. The average Bonchev–Trinajstić information content (AvgIpc) is 2.44. The monoisotopic (exact) mass is 362 g/mol. The Kier molecular flexibility index (Phi) is 6.67. The molecule has 0 radical (unpaired) electrons. The van der Waals surface area contributed by atoms with E-state index in [1.54, 1.807) is 39.5 Å². The van der Waals surface area contributed by atoms with Crippen LogP contribution in [0.15, 0.2) is 0 Å². The lowest BCUT2D eigenvalue weighted by Gasteiger charge is -2.34. The van der Waals surface area contributed by atoms with E-state index in [4.69, 9.17) is 4.74 Å². The van der Waals surface area contributed by atoms with Crippen LogP contribution in [-0.4, -0.2) is 60.6 Å². The van der Waals surface area contributed by atoms with Crippen molar-refractivity contribution in [3.05, 3.63) is 0 Å². The molecule has 1 aliphatic heterocycles. The highest BCUT2D eigenvalue weighted by Crippen LogP contribution is 2.17. The molecule has 0 saturated carbocycles. The number of alkyl carbamates (subject to hydrolysis) is 1. The minimum absolute atomic E-state index is 0.0686. The summed E-state index contributed by atoms with van der Waals surface area (Å²) < 4.78 is 29.5. The van der Waals surface area contributed by atoms with E-state index in [0.29, 0.717) is 25.9 Å². The summed E-state index contributed by atoms with van der Waals surface area (Å²) in [7, 11) is -3.46. The lowest BCUT2D eigenvalue weighted by Crippen LogP contribution is -2.51. The van der Waals surface area contributed by atoms with Gasteiger partial charge in [0.2, 0.25) is 5.91 Å². The third kappa shape index (κ3) is 5.65. The Labute approximate surface area is 145 Å². The van der Waals surface area contributed by atoms with Crippen molar-refractivity contribution in [1.82, 2.24) is 10.2 Å². The molecule has 1 heterocycles. The largest absolute Gasteiger partial charge is 0.444 e. The number of sulfone groups is 1. The molecule has 0 aromatic carbocycles. The highest BCUT2D eigenvalue weighted by Gasteiger charge is 2.35. The molecule has 0 spiro atoms. The Morgan fingerprint density at radius 1 is 1.12 bits per heavy atom. The van der Waals surface area contributed by atoms with Gasteiger partial charge in [0.05, 0.1) is 5.25 Å². The van der Waals surface area contributed by atoms with Gasteiger partial charge in [0.15, 0.2) is 9.84 Å². The maximum Gasteiger partial charge on any atom is 0.407 e. The van der Waals surface area contributed by atoms with Crippen molar-refractivity contribution in [3.63, 3.8) is 0 Å². The Bertz CT molecular complexity index is 558. The smallest absolute Gasteiger partial charge is 0.407 e. The minimum Gasteiger partial charge on any atom is -0.444 e. The van der Waals surface area contributed by atoms with Gasteiger partial charge in [-0.2, -0.15) is 0 Å². The van der Waals surface area contributed by atoms with Crippen molar-refractivity contribution in [2.75, 3.05) is 13.1 Å². The zero-order valence-corrected chi connectivity index (χ0v) is 16.3. The van der Waals surface area contributed by atoms with E-state index < -0.39 is 32.0 Å². The average molecular weight is 362 g/mol. The molecular weight excluding hydrogens is 332 g/mol. The second-order valence-electron chi connectivity index (χ2n) is 7.53. The van der Waals surface area contributed by atoms with Crippen molar-refractivity contribution >= 4 is 21.8 Å². The normalized spacial score (nSPS) is 18.4. The summed E-state index contributed by atoms with van der Waals surface area (Å²) in [5.41, 5.74) is -0.554. The van der Waals surface area contributed by atoms with Crippen LogP contribution in [0.4, 0.5) is 4.79 Å². The molecule has 1 N–H and O–H groups in total. The second-order valence-corrected chi connectivity index (χ2v) is 10.4. The first-order valence-corrected chi connectivity index (χ1v) is 9.96. The molecule has 1 saturated heterocycles. The molecule has 0 aromatic rings. The highest BCUT2D eigenvalue weighted by atomic mass is 32.2. The number of piperidine rings is 1. The van der Waals surface area contributed by atoms with E-state index in [9.17, 15) is 18.0 Å². The van der Waals surface area contributed by atoms with Crippen LogP contribution in [0.3, 0.4) is 0 Å². The predicted molar refractivity (Wildman–Crippen MR) is 92.5 cm³/mol. The van der Waals surface area contributed by atoms with Gasteiger partial charge in [-0.25, -0.2) is 13.2 Å². The molecule has 1 fully saturated rings. The van der Waals surface area contributed by atoms with E-state index in [1.165, 1.54) is 6.92 Å². The van der Waals surface area contributed by atoms with Crippen LogP contribution >= 0.6 is 0 Å². The van der Waals surface area contributed by atoms with Gasteiger partial charge < -0.3 is 15.0 Å². The van der Waals surface area contributed by atoms with Crippen molar-refractivity contribution < 1.29 is 22.7 Å². The first-order valence-electron chi connectivity index (χ1n) is 8.35. The van der Waals surface area contributed by atoms with Crippen molar-refractivity contribution in [2.24, 2.45) is 0 Å². The maximum absolute atomic E-state index is 12.4. The van der Waals surface area contributed by atoms with E-state index in [1.807, 2.05) is 0 Å². The lowest BCUT2D eigenvalue weighted by molar-refractivity contribution is -0.131. The first-order chi connectivity index (χ1) is 10.8. The minimum atomic E-state index is -3.46. The van der Waals surface area contributed by atoms with Crippen molar-refractivity contribution in [1.29, 1.82) is 0 Å². The van der Waals surface area contributed by atoms with Crippen LogP contribution in [-0.2, 0) is 19.4 Å². The molecule has 8 heteroatoms. The zero-order chi connectivity index (χ0) is 18.7. The first kappa shape index (κ1) is 20.7. The van der Waals surface area contributed by atoms with E-state index >= 15 is 0 Å². The Balaban J connectivity index is 2.54. The number of likely N-dealkylation sites (tertiary alicyclic amines) is 1. The van der Waals surface area contributed by atoms with Crippen LogP contribution in [0.5, 0.6) is 0 Å². The number of hydrogen-bond donors (Lipinski definition) is 1. The Morgan fingerprint density at radius 3 is 2.04 bits per heavy atom. The molecule has 2 amide bonds. The van der Waals surface area contributed by atoms with Crippen LogP contribution in [0.25, 0.3) is 0 Å². The fraction of sp³-hybridized carbons (Fsp3) is 0.875. The van der Waals surface area contributed by atoms with E-state index in [-0.39, 0.29) is 11.9 Å². The van der Waals surface area contributed by atoms with E-state index in [0.717, 1.165) is 0 Å². The van der Waals surface area contributed by atoms with Gasteiger partial charge in [-0.1, -0.05) is 0 Å². The molecular formula is C16H30N2O5S. The lowest BCUT2D eigenvalue weighted by atomic mass is 10.0. The molecule has 1 atom stereocenters. The molecule has 1 aliphatic rings. The quantitative estimate of drug-likeness (QED) is 0.822. The number of carbonyl (C=O) groups excluding carboxylic acids is 2. The summed E-state index contributed by atoms with van der Waals surface area (Å²) >= 11 is 0. The van der Waals surface area contributed by atoms with Gasteiger partial charge in [-0.05, 0) is 54.4 Å². The standard InChI is InChI=1S/C16H30N2O5S/c1-11(2)24(21,22)12(3)14(19)18-9-7-13(8-10-18)17-15(20)23-16(4,5)6/h11-13H,7-10H2,1-6H3,(H,17,20)/t12-/m1/s1. The number of carbonyl (C=O) groups is 2. The van der Waals surface area contributed by atoms with Crippen molar-refractivity contribution in [3.8, 4) is 0 Å². The fourth-order valence-corrected chi connectivity index (χ4v) is 3.77. The summed E-state index contributed by atoms with van der Waals surface area (Å²) in [4.78, 5) is 25.7. The molecule has 140 valence electrons. The summed E-state index contributed by atoms with van der Waals surface area (Å²) in [6.45, 7) is 10.8. The SMILES string of the molecule is CC(C)S(=O)(=O)[C@H](C)C(=O)N1CCC(NC(=O)OC(C)(C)C)CC1. The predicted octanol–water partition coefficient (Wildman–Crippen LogP) is 1.71. The number of rotatable bonds is 4. The van der Waals surface area contributed by atoms with Crippen LogP contribution in [0, 0.1) is 0 Å². The zero-order valence-electron chi connectivity index (χ0n) is 15.5. The van der Waals surface area contributed by atoms with Gasteiger partial charge in [0.1, 0.15) is 10.9 Å².